The van der Waals surface area contributed by atoms with Crippen molar-refractivity contribution in [3.8, 4) is 0 Å². The van der Waals surface area contributed by atoms with Crippen LogP contribution in [0.4, 0.5) is 0 Å². The Balaban J connectivity index is 4.26. The molecule has 0 aliphatic carbocycles. The van der Waals surface area contributed by atoms with Crippen LogP contribution < -0.4 is 0 Å². The molecule has 1 unspecified atom stereocenters. The Kier molecular flexibility index (Phi) is 6.57. The van der Waals surface area contributed by atoms with E-state index in [9.17, 15) is 0 Å². The van der Waals surface area contributed by atoms with E-state index in [-0.39, 0.29) is 6.10 Å². The van der Waals surface area contributed by atoms with E-state index < -0.39 is 8.32 Å². The largest absolute Gasteiger partial charge is 0.411 e. The lowest BCUT2D eigenvalue weighted by molar-refractivity contribution is 0.211. The first-order valence-electron chi connectivity index (χ1n) is 6.55. The number of hydrogen-bond acceptors (Lipinski definition) is 1. The monoisotopic (exact) mass is 242 g/mol. The molecule has 0 rings (SSSR count). The van der Waals surface area contributed by atoms with Gasteiger partial charge in [-0.25, -0.2) is 0 Å². The third-order valence-corrected chi connectivity index (χ3v) is 8.11. The molecule has 0 saturated heterocycles. The maximum absolute atomic E-state index is 6.32. The van der Waals surface area contributed by atoms with E-state index in [1.54, 1.807) is 0 Å². The van der Waals surface area contributed by atoms with Gasteiger partial charge in [0.25, 0.3) is 0 Å². The van der Waals surface area contributed by atoms with Gasteiger partial charge >= 0.3 is 0 Å². The van der Waals surface area contributed by atoms with Gasteiger partial charge in [-0.05, 0) is 24.6 Å². The molecule has 0 heterocycles. The second-order valence-electron chi connectivity index (χ2n) is 6.15. The molecule has 0 aliphatic rings. The molecule has 0 N–H and O–H groups in total. The van der Waals surface area contributed by atoms with Crippen molar-refractivity contribution in [1.82, 2.24) is 0 Å². The van der Waals surface area contributed by atoms with Crippen molar-refractivity contribution in [2.75, 3.05) is 0 Å². The summed E-state index contributed by atoms with van der Waals surface area (Å²) in [5.41, 5.74) is 0. The van der Waals surface area contributed by atoms with E-state index >= 15 is 0 Å². The highest BCUT2D eigenvalue weighted by Gasteiger charge is 2.38. The molecule has 0 spiro atoms. The first-order chi connectivity index (χ1) is 7.24. The Morgan fingerprint density at radius 1 is 1.25 bits per heavy atom. The van der Waals surface area contributed by atoms with E-state index in [1.165, 1.54) is 19.3 Å². The zero-order valence-corrected chi connectivity index (χ0v) is 13.1. The molecular weight excluding hydrogens is 212 g/mol. The second kappa shape index (κ2) is 6.60. The predicted molar refractivity (Wildman–Crippen MR) is 76.4 cm³/mol. The minimum Gasteiger partial charge on any atom is -0.411 e. The van der Waals surface area contributed by atoms with Crippen LogP contribution in [0.5, 0.6) is 0 Å². The van der Waals surface area contributed by atoms with Crippen molar-refractivity contribution in [1.29, 1.82) is 0 Å². The normalized spacial score (nSPS) is 14.9. The van der Waals surface area contributed by atoms with E-state index in [2.05, 4.69) is 47.4 Å². The molecule has 1 nitrogen and oxygen atoms in total. The van der Waals surface area contributed by atoms with Crippen LogP contribution in [0.15, 0.2) is 12.7 Å². The van der Waals surface area contributed by atoms with Gasteiger partial charge in [-0.15, -0.1) is 6.58 Å². The summed E-state index contributed by atoms with van der Waals surface area (Å²) in [6.45, 7) is 17.6. The molecule has 1 atom stereocenters. The average molecular weight is 242 g/mol. The zero-order chi connectivity index (χ0) is 12.8. The van der Waals surface area contributed by atoms with Crippen LogP contribution >= 0.6 is 0 Å². The molecular formula is C14H30OSi. The molecule has 2 heteroatoms. The standard InChI is InChI=1S/C14H30OSi/c1-8-10-11-12-13(9-2)15-16(6,7)14(3,4)5/h9,13H,2,8,10-12H2,1,3-7H3. The van der Waals surface area contributed by atoms with Crippen molar-refractivity contribution in [3.63, 3.8) is 0 Å². The summed E-state index contributed by atoms with van der Waals surface area (Å²) in [6.07, 6.45) is 7.18. The quantitative estimate of drug-likeness (QED) is 0.341. The van der Waals surface area contributed by atoms with Gasteiger partial charge in [-0.3, -0.25) is 0 Å². The second-order valence-corrected chi connectivity index (χ2v) is 10.9. The maximum Gasteiger partial charge on any atom is 0.192 e. The number of rotatable bonds is 7. The Labute approximate surface area is 103 Å². The van der Waals surface area contributed by atoms with Crippen LogP contribution in [-0.4, -0.2) is 14.4 Å². The molecule has 0 aromatic rings. The van der Waals surface area contributed by atoms with Crippen LogP contribution in [0.2, 0.25) is 18.1 Å². The zero-order valence-electron chi connectivity index (χ0n) is 12.1. The fraction of sp³-hybridized carbons (Fsp3) is 0.857. The molecule has 96 valence electrons. The lowest BCUT2D eigenvalue weighted by Gasteiger charge is -2.38. The first-order valence-corrected chi connectivity index (χ1v) is 9.46. The van der Waals surface area contributed by atoms with E-state index in [1.807, 2.05) is 6.08 Å². The molecule has 0 aromatic carbocycles. The summed E-state index contributed by atoms with van der Waals surface area (Å²) >= 11 is 0. The third-order valence-electron chi connectivity index (χ3n) is 3.61. The van der Waals surface area contributed by atoms with Crippen molar-refractivity contribution >= 4 is 8.32 Å². The molecule has 0 fully saturated rings. The van der Waals surface area contributed by atoms with Crippen molar-refractivity contribution in [2.45, 2.75) is 77.6 Å². The molecule has 0 amide bonds. The third kappa shape index (κ3) is 5.31. The van der Waals surface area contributed by atoms with Crippen LogP contribution in [0.25, 0.3) is 0 Å². The van der Waals surface area contributed by atoms with Gasteiger partial charge in [-0.2, -0.15) is 0 Å². The lowest BCUT2D eigenvalue weighted by Crippen LogP contribution is -2.43. The molecule has 0 radical (unpaired) electrons. The first kappa shape index (κ1) is 15.9. The molecule has 0 saturated carbocycles. The topological polar surface area (TPSA) is 9.23 Å². The highest BCUT2D eigenvalue weighted by Crippen LogP contribution is 2.37. The summed E-state index contributed by atoms with van der Waals surface area (Å²) in [5, 5.41) is 0.291. The van der Waals surface area contributed by atoms with Gasteiger partial charge in [-0.1, -0.05) is 53.0 Å². The van der Waals surface area contributed by atoms with E-state index in [0.29, 0.717) is 5.04 Å². The fourth-order valence-corrected chi connectivity index (χ4v) is 2.70. The highest BCUT2D eigenvalue weighted by molar-refractivity contribution is 6.74. The molecule has 16 heavy (non-hydrogen) atoms. The van der Waals surface area contributed by atoms with Crippen molar-refractivity contribution in [3.05, 3.63) is 12.7 Å². The van der Waals surface area contributed by atoms with Crippen LogP contribution in [0, 0.1) is 0 Å². The van der Waals surface area contributed by atoms with Crippen molar-refractivity contribution < 1.29 is 4.43 Å². The van der Waals surface area contributed by atoms with Gasteiger partial charge in [0.15, 0.2) is 8.32 Å². The summed E-state index contributed by atoms with van der Waals surface area (Å²) in [5.74, 6) is 0. The Morgan fingerprint density at radius 2 is 1.81 bits per heavy atom. The summed E-state index contributed by atoms with van der Waals surface area (Å²) in [7, 11) is -1.62. The summed E-state index contributed by atoms with van der Waals surface area (Å²) < 4.78 is 6.32. The van der Waals surface area contributed by atoms with Crippen LogP contribution in [0.1, 0.15) is 53.4 Å². The SMILES string of the molecule is C=CC(CCCCC)O[Si](C)(C)C(C)(C)C. The van der Waals surface area contributed by atoms with Gasteiger partial charge in [0.05, 0.1) is 6.10 Å². The Bertz CT molecular complexity index is 203. The van der Waals surface area contributed by atoms with Crippen LogP contribution in [0.3, 0.4) is 0 Å². The highest BCUT2D eigenvalue weighted by atomic mass is 28.4. The average Bonchev–Trinajstić information content (AvgIpc) is 2.14. The molecule has 0 bridgehead atoms. The lowest BCUT2D eigenvalue weighted by atomic mass is 10.1. The molecule has 0 aliphatic heterocycles. The minimum atomic E-state index is -1.62. The van der Waals surface area contributed by atoms with Gasteiger partial charge in [0, 0.05) is 0 Å². The van der Waals surface area contributed by atoms with Crippen molar-refractivity contribution in [2.24, 2.45) is 0 Å². The Morgan fingerprint density at radius 3 is 2.19 bits per heavy atom. The number of hydrogen-bond donors (Lipinski definition) is 0. The minimum absolute atomic E-state index is 0.257. The van der Waals surface area contributed by atoms with Gasteiger partial charge in [0.2, 0.25) is 0 Å². The van der Waals surface area contributed by atoms with Gasteiger partial charge in [0.1, 0.15) is 0 Å². The summed E-state index contributed by atoms with van der Waals surface area (Å²) in [4.78, 5) is 0. The number of unbranched alkanes of at least 4 members (excludes halogenated alkanes) is 2. The van der Waals surface area contributed by atoms with Gasteiger partial charge < -0.3 is 4.43 Å². The van der Waals surface area contributed by atoms with E-state index in [0.717, 1.165) is 6.42 Å². The summed E-state index contributed by atoms with van der Waals surface area (Å²) in [6, 6.07) is 0. The maximum atomic E-state index is 6.32. The van der Waals surface area contributed by atoms with E-state index in [4.69, 9.17) is 4.43 Å². The fourth-order valence-electron chi connectivity index (χ4n) is 1.38. The Hall–Kier alpha value is -0.0831. The smallest absolute Gasteiger partial charge is 0.192 e. The van der Waals surface area contributed by atoms with Crippen LogP contribution in [-0.2, 0) is 4.43 Å². The molecule has 0 aromatic heterocycles. The predicted octanol–water partition coefficient (Wildman–Crippen LogP) is 5.14.